The van der Waals surface area contributed by atoms with Crippen molar-refractivity contribution in [2.24, 2.45) is 0 Å². The predicted molar refractivity (Wildman–Crippen MR) is 74.6 cm³/mol. The number of imidazole rings is 1. The van der Waals surface area contributed by atoms with Crippen molar-refractivity contribution in [2.75, 3.05) is 25.0 Å². The number of rotatable bonds is 5. The van der Waals surface area contributed by atoms with E-state index >= 15 is 0 Å². The van der Waals surface area contributed by atoms with Gasteiger partial charge < -0.3 is 14.3 Å². The van der Waals surface area contributed by atoms with Gasteiger partial charge in [0.15, 0.2) is 0 Å². The second-order valence-electron chi connectivity index (χ2n) is 5.48. The molecule has 3 heterocycles. The number of likely N-dealkylation sites (N-methyl/N-ethyl adjacent to an activating group) is 1. The van der Waals surface area contributed by atoms with E-state index in [2.05, 4.69) is 25.1 Å². The summed E-state index contributed by atoms with van der Waals surface area (Å²) in [7, 11) is 1.99. The number of aromatic nitrogens is 4. The molecule has 7 nitrogen and oxygen atoms in total. The molecule has 0 aromatic carbocycles. The van der Waals surface area contributed by atoms with Gasteiger partial charge in [-0.1, -0.05) is 5.10 Å². The fourth-order valence-corrected chi connectivity index (χ4v) is 2.73. The van der Waals surface area contributed by atoms with Gasteiger partial charge in [-0.3, -0.25) is 4.90 Å². The van der Waals surface area contributed by atoms with Crippen molar-refractivity contribution in [1.82, 2.24) is 25.1 Å². The summed E-state index contributed by atoms with van der Waals surface area (Å²) in [6.07, 6.45) is 3.14. The summed E-state index contributed by atoms with van der Waals surface area (Å²) in [6, 6.07) is 0.434. The van der Waals surface area contributed by atoms with Gasteiger partial charge in [0.1, 0.15) is 12.0 Å². The van der Waals surface area contributed by atoms with Crippen molar-refractivity contribution in [3.63, 3.8) is 0 Å². The van der Waals surface area contributed by atoms with Gasteiger partial charge in [0, 0.05) is 38.3 Å². The standard InChI is InChI=1S/C13H19FN6O/c1-9-17-18-13(21-9)20-6-10(14)5-11(20)7-19(2)8-12-15-3-4-16-12/h3-4,10-11H,5-8H2,1-2H3,(H,15,16)/t10-,11-/m0/s1. The van der Waals surface area contributed by atoms with Crippen LogP contribution in [0.1, 0.15) is 18.1 Å². The maximum absolute atomic E-state index is 13.8. The van der Waals surface area contributed by atoms with Crippen molar-refractivity contribution in [3.8, 4) is 0 Å². The summed E-state index contributed by atoms with van der Waals surface area (Å²) < 4.78 is 19.2. The van der Waals surface area contributed by atoms with Crippen molar-refractivity contribution in [1.29, 1.82) is 0 Å². The van der Waals surface area contributed by atoms with Gasteiger partial charge in [0.25, 0.3) is 0 Å². The third-order valence-electron chi connectivity index (χ3n) is 3.62. The van der Waals surface area contributed by atoms with Gasteiger partial charge in [-0.2, -0.15) is 0 Å². The Labute approximate surface area is 122 Å². The van der Waals surface area contributed by atoms with Crippen LogP contribution in [0, 0.1) is 6.92 Å². The summed E-state index contributed by atoms with van der Waals surface area (Å²) >= 11 is 0. The van der Waals surface area contributed by atoms with E-state index in [0.717, 1.165) is 5.82 Å². The highest BCUT2D eigenvalue weighted by molar-refractivity contribution is 5.30. The van der Waals surface area contributed by atoms with E-state index in [1.807, 2.05) is 11.9 Å². The third-order valence-corrected chi connectivity index (χ3v) is 3.62. The van der Waals surface area contributed by atoms with E-state index in [1.54, 1.807) is 19.3 Å². The number of hydrogen-bond donors (Lipinski definition) is 1. The van der Waals surface area contributed by atoms with Crippen LogP contribution < -0.4 is 4.90 Å². The van der Waals surface area contributed by atoms with Crippen LogP contribution >= 0.6 is 0 Å². The maximum Gasteiger partial charge on any atom is 0.318 e. The number of nitrogens with zero attached hydrogens (tertiary/aromatic N) is 5. The lowest BCUT2D eigenvalue weighted by Crippen LogP contribution is -2.39. The molecule has 114 valence electrons. The fourth-order valence-electron chi connectivity index (χ4n) is 2.73. The SMILES string of the molecule is Cc1nnc(N2C[C@@H](F)C[C@H]2CN(C)Cc2ncc[nH]2)o1. The molecule has 8 heteroatoms. The Kier molecular flexibility index (Phi) is 3.87. The van der Waals surface area contributed by atoms with Gasteiger partial charge in [-0.15, -0.1) is 5.10 Å². The largest absolute Gasteiger partial charge is 0.408 e. The number of halogens is 1. The molecule has 1 saturated heterocycles. The summed E-state index contributed by atoms with van der Waals surface area (Å²) in [5.41, 5.74) is 0. The number of aryl methyl sites for hydroxylation is 1. The van der Waals surface area contributed by atoms with Gasteiger partial charge in [0.2, 0.25) is 5.89 Å². The molecular weight excluding hydrogens is 275 g/mol. The van der Waals surface area contributed by atoms with E-state index in [4.69, 9.17) is 4.42 Å². The summed E-state index contributed by atoms with van der Waals surface area (Å²) in [6.45, 7) is 3.44. The van der Waals surface area contributed by atoms with Gasteiger partial charge >= 0.3 is 6.01 Å². The lowest BCUT2D eigenvalue weighted by atomic mass is 10.2. The molecule has 0 bridgehead atoms. The van der Waals surface area contributed by atoms with E-state index in [9.17, 15) is 4.39 Å². The normalized spacial score (nSPS) is 22.4. The molecule has 1 fully saturated rings. The van der Waals surface area contributed by atoms with Crippen LogP contribution in [0.15, 0.2) is 16.8 Å². The van der Waals surface area contributed by atoms with Crippen molar-refractivity contribution < 1.29 is 8.81 Å². The van der Waals surface area contributed by atoms with Crippen LogP contribution in [-0.2, 0) is 6.54 Å². The minimum Gasteiger partial charge on any atom is -0.408 e. The summed E-state index contributed by atoms with van der Waals surface area (Å²) in [5, 5.41) is 7.82. The van der Waals surface area contributed by atoms with Crippen molar-refractivity contribution in [2.45, 2.75) is 32.1 Å². The lowest BCUT2D eigenvalue weighted by Gasteiger charge is -2.26. The first-order valence-electron chi connectivity index (χ1n) is 6.99. The molecule has 21 heavy (non-hydrogen) atoms. The van der Waals surface area contributed by atoms with E-state index in [0.29, 0.717) is 38.0 Å². The average Bonchev–Trinajstić information content (AvgIpc) is 3.12. The molecule has 2 aromatic heterocycles. The molecular formula is C13H19FN6O. The van der Waals surface area contributed by atoms with Crippen LogP contribution in [0.5, 0.6) is 0 Å². The molecule has 0 spiro atoms. The molecule has 2 aromatic rings. The first-order chi connectivity index (χ1) is 10.1. The Bertz CT molecular complexity index is 571. The highest BCUT2D eigenvalue weighted by Gasteiger charge is 2.35. The Morgan fingerprint density at radius 2 is 2.38 bits per heavy atom. The van der Waals surface area contributed by atoms with Crippen LogP contribution in [0.2, 0.25) is 0 Å². The maximum atomic E-state index is 13.8. The zero-order valence-electron chi connectivity index (χ0n) is 12.2. The smallest absolute Gasteiger partial charge is 0.318 e. The molecule has 1 N–H and O–H groups in total. The minimum absolute atomic E-state index is 0.0276. The molecule has 1 aliphatic rings. The van der Waals surface area contributed by atoms with Crippen molar-refractivity contribution in [3.05, 3.63) is 24.1 Å². The number of nitrogens with one attached hydrogen (secondary N) is 1. The Morgan fingerprint density at radius 1 is 1.52 bits per heavy atom. The monoisotopic (exact) mass is 294 g/mol. The van der Waals surface area contributed by atoms with Crippen LogP contribution in [0.3, 0.4) is 0 Å². The zero-order valence-corrected chi connectivity index (χ0v) is 12.2. The Hall–Kier alpha value is -1.96. The highest BCUT2D eigenvalue weighted by atomic mass is 19.1. The van der Waals surface area contributed by atoms with Gasteiger partial charge in [-0.05, 0) is 7.05 Å². The molecule has 0 radical (unpaired) electrons. The van der Waals surface area contributed by atoms with Gasteiger partial charge in [-0.25, -0.2) is 9.37 Å². The molecule has 2 atom stereocenters. The quantitative estimate of drug-likeness (QED) is 0.891. The number of anilines is 1. The molecule has 0 unspecified atom stereocenters. The Morgan fingerprint density at radius 3 is 3.05 bits per heavy atom. The Balaban J connectivity index is 1.65. The highest BCUT2D eigenvalue weighted by Crippen LogP contribution is 2.26. The minimum atomic E-state index is -0.862. The van der Waals surface area contributed by atoms with Crippen LogP contribution in [0.4, 0.5) is 10.4 Å². The summed E-state index contributed by atoms with van der Waals surface area (Å²) in [4.78, 5) is 11.2. The molecule has 3 rings (SSSR count). The number of hydrogen-bond acceptors (Lipinski definition) is 6. The third kappa shape index (κ3) is 3.21. The average molecular weight is 294 g/mol. The number of alkyl halides is 1. The second-order valence-corrected chi connectivity index (χ2v) is 5.48. The second kappa shape index (κ2) is 5.80. The topological polar surface area (TPSA) is 74.1 Å². The number of H-pyrrole nitrogens is 1. The zero-order chi connectivity index (χ0) is 14.8. The van der Waals surface area contributed by atoms with Crippen LogP contribution in [0.25, 0.3) is 0 Å². The first kappa shape index (κ1) is 14.0. The fraction of sp³-hybridized carbons (Fsp3) is 0.615. The van der Waals surface area contributed by atoms with E-state index < -0.39 is 6.17 Å². The molecule has 1 aliphatic heterocycles. The van der Waals surface area contributed by atoms with E-state index in [-0.39, 0.29) is 6.04 Å². The molecule has 0 saturated carbocycles. The van der Waals surface area contributed by atoms with Crippen LogP contribution in [-0.4, -0.2) is 57.4 Å². The summed E-state index contributed by atoms with van der Waals surface area (Å²) in [5.74, 6) is 1.39. The van der Waals surface area contributed by atoms with E-state index in [1.165, 1.54) is 0 Å². The molecule has 0 amide bonds. The van der Waals surface area contributed by atoms with Crippen molar-refractivity contribution >= 4 is 6.01 Å². The lowest BCUT2D eigenvalue weighted by molar-refractivity contribution is 0.283. The van der Waals surface area contributed by atoms with Gasteiger partial charge in [0.05, 0.1) is 13.1 Å². The molecule has 0 aliphatic carbocycles. The number of aromatic amines is 1. The predicted octanol–water partition coefficient (Wildman–Crippen LogP) is 1.15. The first-order valence-corrected chi connectivity index (χ1v) is 6.99.